The zero-order valence-electron chi connectivity index (χ0n) is 10.2. The predicted octanol–water partition coefficient (Wildman–Crippen LogP) is 2.09. The van der Waals surface area contributed by atoms with Gasteiger partial charge >= 0.3 is 0 Å². The number of likely N-dealkylation sites (tertiary alicyclic amines) is 1. The molecule has 2 nitrogen and oxygen atoms in total. The van der Waals surface area contributed by atoms with Gasteiger partial charge in [0.1, 0.15) is 0 Å². The monoisotopic (exact) mass is 198 g/mol. The summed E-state index contributed by atoms with van der Waals surface area (Å²) < 4.78 is 0. The minimum atomic E-state index is 0.000296. The second-order valence-corrected chi connectivity index (χ2v) is 5.49. The van der Waals surface area contributed by atoms with Crippen LogP contribution in [0.2, 0.25) is 0 Å². The van der Waals surface area contributed by atoms with Gasteiger partial charge in [0.2, 0.25) is 0 Å². The van der Waals surface area contributed by atoms with E-state index in [9.17, 15) is 0 Å². The first-order valence-corrected chi connectivity index (χ1v) is 5.96. The Kier molecular flexibility index (Phi) is 3.96. The molecule has 0 spiro atoms. The van der Waals surface area contributed by atoms with Crippen molar-refractivity contribution in [3.05, 3.63) is 0 Å². The Hall–Kier alpha value is -0.0800. The Balaban J connectivity index is 2.40. The molecule has 2 heteroatoms. The summed E-state index contributed by atoms with van der Waals surface area (Å²) >= 11 is 0. The van der Waals surface area contributed by atoms with E-state index in [1.165, 1.54) is 19.5 Å². The van der Waals surface area contributed by atoms with Crippen LogP contribution in [0.5, 0.6) is 0 Å². The first-order valence-electron chi connectivity index (χ1n) is 5.96. The van der Waals surface area contributed by atoms with E-state index >= 15 is 0 Å². The summed E-state index contributed by atoms with van der Waals surface area (Å²) in [4.78, 5) is 2.54. The molecule has 1 rings (SSSR count). The zero-order valence-corrected chi connectivity index (χ0v) is 10.2. The molecule has 0 aromatic rings. The molecular weight excluding hydrogens is 172 g/mol. The molecule has 3 atom stereocenters. The topological polar surface area (TPSA) is 29.3 Å². The van der Waals surface area contributed by atoms with Gasteiger partial charge in [-0.2, -0.15) is 0 Å². The molecule has 0 aromatic carbocycles. The second-order valence-electron chi connectivity index (χ2n) is 5.49. The molecule has 0 aliphatic carbocycles. The summed E-state index contributed by atoms with van der Waals surface area (Å²) in [5.74, 6) is 1.72. The SMILES string of the molecule is CCC(C)(N)CN1CCC(C)C(C)C1. The molecule has 2 N–H and O–H groups in total. The van der Waals surface area contributed by atoms with Crippen molar-refractivity contribution in [3.8, 4) is 0 Å². The highest BCUT2D eigenvalue weighted by atomic mass is 15.2. The quantitative estimate of drug-likeness (QED) is 0.752. The highest BCUT2D eigenvalue weighted by Crippen LogP contribution is 2.23. The average molecular weight is 198 g/mol. The lowest BCUT2D eigenvalue weighted by atomic mass is 9.87. The van der Waals surface area contributed by atoms with E-state index in [0.717, 1.165) is 24.8 Å². The third-order valence-electron chi connectivity index (χ3n) is 3.81. The van der Waals surface area contributed by atoms with E-state index in [-0.39, 0.29) is 5.54 Å². The van der Waals surface area contributed by atoms with Gasteiger partial charge in [0, 0.05) is 18.6 Å². The fourth-order valence-electron chi connectivity index (χ4n) is 2.12. The minimum absolute atomic E-state index is 0.000296. The molecular formula is C12H26N2. The summed E-state index contributed by atoms with van der Waals surface area (Å²) in [6, 6.07) is 0. The second kappa shape index (κ2) is 4.63. The van der Waals surface area contributed by atoms with E-state index < -0.39 is 0 Å². The fourth-order valence-corrected chi connectivity index (χ4v) is 2.12. The van der Waals surface area contributed by atoms with Crippen molar-refractivity contribution in [2.24, 2.45) is 17.6 Å². The Bertz CT molecular complexity index is 177. The van der Waals surface area contributed by atoms with Crippen LogP contribution in [-0.4, -0.2) is 30.1 Å². The lowest BCUT2D eigenvalue weighted by molar-refractivity contribution is 0.114. The molecule has 0 radical (unpaired) electrons. The minimum Gasteiger partial charge on any atom is -0.324 e. The highest BCUT2D eigenvalue weighted by Gasteiger charge is 2.26. The molecule has 3 unspecified atom stereocenters. The van der Waals surface area contributed by atoms with Gasteiger partial charge in [-0.3, -0.25) is 0 Å². The van der Waals surface area contributed by atoms with Gasteiger partial charge in [-0.15, -0.1) is 0 Å². The maximum atomic E-state index is 6.19. The van der Waals surface area contributed by atoms with Crippen molar-refractivity contribution < 1.29 is 0 Å². The van der Waals surface area contributed by atoms with Gasteiger partial charge in [0.15, 0.2) is 0 Å². The number of hydrogen-bond donors (Lipinski definition) is 1. The molecule has 1 fully saturated rings. The van der Waals surface area contributed by atoms with E-state index in [0.29, 0.717) is 0 Å². The molecule has 84 valence electrons. The first kappa shape index (κ1) is 12.0. The Morgan fingerprint density at radius 2 is 2.00 bits per heavy atom. The summed E-state index contributed by atoms with van der Waals surface area (Å²) in [5.41, 5.74) is 6.19. The fraction of sp³-hybridized carbons (Fsp3) is 1.00. The first-order chi connectivity index (χ1) is 6.44. The smallest absolute Gasteiger partial charge is 0.0252 e. The van der Waals surface area contributed by atoms with Crippen LogP contribution in [0.25, 0.3) is 0 Å². The molecule has 0 amide bonds. The molecule has 1 saturated heterocycles. The van der Waals surface area contributed by atoms with Crippen molar-refractivity contribution >= 4 is 0 Å². The summed E-state index contributed by atoms with van der Waals surface area (Å²) in [6.45, 7) is 12.6. The maximum absolute atomic E-state index is 6.19. The van der Waals surface area contributed by atoms with Gasteiger partial charge in [-0.05, 0) is 38.1 Å². The van der Waals surface area contributed by atoms with Gasteiger partial charge < -0.3 is 10.6 Å². The van der Waals surface area contributed by atoms with Gasteiger partial charge in [0.05, 0.1) is 0 Å². The lowest BCUT2D eigenvalue weighted by Crippen LogP contribution is -2.50. The molecule has 1 aliphatic heterocycles. The van der Waals surface area contributed by atoms with Gasteiger partial charge in [-0.25, -0.2) is 0 Å². The van der Waals surface area contributed by atoms with Crippen molar-refractivity contribution in [2.75, 3.05) is 19.6 Å². The molecule has 1 heterocycles. The molecule has 0 bridgehead atoms. The largest absolute Gasteiger partial charge is 0.324 e. The van der Waals surface area contributed by atoms with Crippen LogP contribution in [-0.2, 0) is 0 Å². The third kappa shape index (κ3) is 3.25. The van der Waals surface area contributed by atoms with Crippen LogP contribution in [0.3, 0.4) is 0 Å². The Labute approximate surface area is 88.8 Å². The average Bonchev–Trinajstić information content (AvgIpc) is 2.11. The van der Waals surface area contributed by atoms with Crippen molar-refractivity contribution in [2.45, 2.75) is 46.1 Å². The molecule has 0 aromatic heterocycles. The summed E-state index contributed by atoms with van der Waals surface area (Å²) in [5, 5.41) is 0. The van der Waals surface area contributed by atoms with E-state index in [1.807, 2.05) is 0 Å². The van der Waals surface area contributed by atoms with Crippen molar-refractivity contribution in [1.29, 1.82) is 0 Å². The number of nitrogens with zero attached hydrogens (tertiary/aromatic N) is 1. The van der Waals surface area contributed by atoms with Crippen LogP contribution in [0.1, 0.15) is 40.5 Å². The van der Waals surface area contributed by atoms with Crippen molar-refractivity contribution in [1.82, 2.24) is 4.90 Å². The number of nitrogens with two attached hydrogens (primary N) is 1. The predicted molar refractivity (Wildman–Crippen MR) is 62.3 cm³/mol. The van der Waals surface area contributed by atoms with Crippen LogP contribution in [0.15, 0.2) is 0 Å². The standard InChI is InChI=1S/C12H26N2/c1-5-12(4,13)9-14-7-6-10(2)11(3)8-14/h10-11H,5-9,13H2,1-4H3. The molecule has 14 heavy (non-hydrogen) atoms. The van der Waals surface area contributed by atoms with Crippen LogP contribution < -0.4 is 5.73 Å². The third-order valence-corrected chi connectivity index (χ3v) is 3.81. The van der Waals surface area contributed by atoms with E-state index in [1.54, 1.807) is 0 Å². The highest BCUT2D eigenvalue weighted by molar-refractivity contribution is 4.84. The normalized spacial score (nSPS) is 34.1. The van der Waals surface area contributed by atoms with Crippen LogP contribution in [0, 0.1) is 11.8 Å². The number of hydrogen-bond acceptors (Lipinski definition) is 2. The summed E-state index contributed by atoms with van der Waals surface area (Å²) in [6.07, 6.45) is 2.40. The van der Waals surface area contributed by atoms with Gasteiger partial charge in [0.25, 0.3) is 0 Å². The zero-order chi connectivity index (χ0) is 10.8. The molecule has 0 saturated carbocycles. The summed E-state index contributed by atoms with van der Waals surface area (Å²) in [7, 11) is 0. The van der Waals surface area contributed by atoms with Crippen LogP contribution >= 0.6 is 0 Å². The van der Waals surface area contributed by atoms with E-state index in [4.69, 9.17) is 5.73 Å². The molecule has 1 aliphatic rings. The maximum Gasteiger partial charge on any atom is 0.0252 e. The Morgan fingerprint density at radius 3 is 2.50 bits per heavy atom. The van der Waals surface area contributed by atoms with Crippen molar-refractivity contribution in [3.63, 3.8) is 0 Å². The number of piperidine rings is 1. The van der Waals surface area contributed by atoms with Gasteiger partial charge in [-0.1, -0.05) is 20.8 Å². The van der Waals surface area contributed by atoms with Crippen LogP contribution in [0.4, 0.5) is 0 Å². The number of rotatable bonds is 3. The Morgan fingerprint density at radius 1 is 1.36 bits per heavy atom. The lowest BCUT2D eigenvalue weighted by Gasteiger charge is -2.39. The van der Waals surface area contributed by atoms with E-state index in [2.05, 4.69) is 32.6 Å².